The summed E-state index contributed by atoms with van der Waals surface area (Å²) in [5.41, 5.74) is 4.46. The van der Waals surface area contributed by atoms with Gasteiger partial charge < -0.3 is 4.42 Å². The molecule has 0 bridgehead atoms. The van der Waals surface area contributed by atoms with E-state index >= 15 is 0 Å². The Bertz CT molecular complexity index is 839. The number of rotatable bonds is 5. The topological polar surface area (TPSA) is 54.6 Å². The third-order valence-electron chi connectivity index (χ3n) is 3.34. The van der Waals surface area contributed by atoms with E-state index in [1.54, 1.807) is 0 Å². The molecule has 3 rings (SSSR count). The van der Waals surface area contributed by atoms with E-state index in [2.05, 4.69) is 33.1 Å². The van der Waals surface area contributed by atoms with Crippen LogP contribution < -0.4 is 5.43 Å². The lowest BCUT2D eigenvalue weighted by molar-refractivity contribution is -0.120. The van der Waals surface area contributed by atoms with Crippen molar-refractivity contribution in [2.24, 2.45) is 5.10 Å². The molecular weight excluding hydrogens is 415 g/mol. The predicted octanol–water partition coefficient (Wildman–Crippen LogP) is 4.24. The average molecular weight is 430 g/mol. The Kier molecular flexibility index (Phi) is 5.43. The molecule has 2 aromatic carbocycles. The number of nitrogens with one attached hydrogen (secondary N) is 1. The molecule has 0 saturated carbocycles. The van der Waals surface area contributed by atoms with Gasteiger partial charge in [0, 0.05) is 9.13 Å². The van der Waals surface area contributed by atoms with Crippen LogP contribution in [0.3, 0.4) is 0 Å². The highest BCUT2D eigenvalue weighted by Crippen LogP contribution is 2.22. The molecule has 24 heavy (non-hydrogen) atoms. The molecule has 0 radical (unpaired) electrons. The molecule has 0 aliphatic carbocycles. The zero-order valence-electron chi connectivity index (χ0n) is 12.8. The van der Waals surface area contributed by atoms with Crippen molar-refractivity contribution < 1.29 is 9.21 Å². The van der Waals surface area contributed by atoms with E-state index in [0.717, 1.165) is 16.9 Å². The van der Waals surface area contributed by atoms with Crippen molar-refractivity contribution in [1.29, 1.82) is 0 Å². The maximum atomic E-state index is 11.8. The highest BCUT2D eigenvalue weighted by Gasteiger charge is 2.04. The molecule has 4 nitrogen and oxygen atoms in total. The minimum atomic E-state index is -0.165. The molecule has 0 fully saturated rings. The summed E-state index contributed by atoms with van der Waals surface area (Å²) >= 11 is 2.26. The first kappa shape index (κ1) is 16.4. The molecular formula is C19H15IN2O2. The predicted molar refractivity (Wildman–Crippen MR) is 103 cm³/mol. The van der Waals surface area contributed by atoms with Gasteiger partial charge in [0.05, 0.1) is 12.6 Å². The Balaban J connectivity index is 1.57. The first-order chi connectivity index (χ1) is 11.7. The zero-order chi connectivity index (χ0) is 16.8. The first-order valence-electron chi connectivity index (χ1n) is 7.42. The van der Waals surface area contributed by atoms with Crippen molar-refractivity contribution in [3.8, 4) is 11.3 Å². The summed E-state index contributed by atoms with van der Waals surface area (Å²) in [5.74, 6) is 1.19. The van der Waals surface area contributed by atoms with Crippen molar-refractivity contribution in [3.05, 3.63) is 81.6 Å². The molecule has 1 amide bonds. The lowest BCUT2D eigenvalue weighted by atomic mass is 10.1. The van der Waals surface area contributed by atoms with Crippen molar-refractivity contribution in [3.63, 3.8) is 0 Å². The third kappa shape index (κ3) is 4.55. The maximum absolute atomic E-state index is 11.8. The second-order valence-electron chi connectivity index (χ2n) is 5.16. The average Bonchev–Trinajstić information content (AvgIpc) is 3.05. The Morgan fingerprint density at radius 3 is 2.54 bits per heavy atom. The van der Waals surface area contributed by atoms with Gasteiger partial charge in [-0.25, -0.2) is 5.43 Å². The lowest BCUT2D eigenvalue weighted by Crippen LogP contribution is -2.19. The summed E-state index contributed by atoms with van der Waals surface area (Å²) in [6.07, 6.45) is 1.79. The van der Waals surface area contributed by atoms with Crippen LogP contribution in [0.15, 0.2) is 76.2 Å². The molecule has 1 N–H and O–H groups in total. The molecule has 3 aromatic rings. The third-order valence-corrected chi connectivity index (χ3v) is 4.06. The number of furan rings is 1. The van der Waals surface area contributed by atoms with Gasteiger partial charge in [-0.3, -0.25) is 4.79 Å². The van der Waals surface area contributed by atoms with Crippen molar-refractivity contribution in [2.45, 2.75) is 6.42 Å². The first-order valence-corrected chi connectivity index (χ1v) is 8.50. The van der Waals surface area contributed by atoms with E-state index in [-0.39, 0.29) is 5.91 Å². The SMILES string of the molecule is O=C(Cc1ccccc1)NN=Cc1ccc(-c2ccc(I)cc2)o1. The maximum Gasteiger partial charge on any atom is 0.244 e. The van der Waals surface area contributed by atoms with Crippen molar-refractivity contribution >= 4 is 34.7 Å². The number of halogens is 1. The zero-order valence-corrected chi connectivity index (χ0v) is 14.9. The number of nitrogens with zero attached hydrogens (tertiary/aromatic N) is 1. The Hall–Kier alpha value is -2.41. The summed E-state index contributed by atoms with van der Waals surface area (Å²) in [6, 6.07) is 21.3. The van der Waals surface area contributed by atoms with E-state index < -0.39 is 0 Å². The molecule has 5 heteroatoms. The van der Waals surface area contributed by atoms with Crippen LogP contribution in [0.1, 0.15) is 11.3 Å². The summed E-state index contributed by atoms with van der Waals surface area (Å²) in [6.45, 7) is 0. The Labute approximate surface area is 153 Å². The van der Waals surface area contributed by atoms with Crippen molar-refractivity contribution in [2.75, 3.05) is 0 Å². The van der Waals surface area contributed by atoms with Crippen molar-refractivity contribution in [1.82, 2.24) is 5.43 Å². The fourth-order valence-corrected chi connectivity index (χ4v) is 2.54. The van der Waals surface area contributed by atoms with Crippen LogP contribution in [0, 0.1) is 3.57 Å². The molecule has 0 unspecified atom stereocenters. The van der Waals surface area contributed by atoms with E-state index in [4.69, 9.17) is 4.42 Å². The van der Waals surface area contributed by atoms with Gasteiger partial charge in [-0.2, -0.15) is 5.10 Å². The highest BCUT2D eigenvalue weighted by atomic mass is 127. The highest BCUT2D eigenvalue weighted by molar-refractivity contribution is 14.1. The van der Waals surface area contributed by atoms with Crippen LogP contribution in [0.4, 0.5) is 0 Å². The molecule has 1 aromatic heterocycles. The number of amides is 1. The number of carbonyl (C=O) groups is 1. The van der Waals surface area contributed by atoms with Crippen LogP contribution in [0.2, 0.25) is 0 Å². The van der Waals surface area contributed by atoms with Gasteiger partial charge in [-0.15, -0.1) is 0 Å². The molecule has 0 saturated heterocycles. The van der Waals surface area contributed by atoms with Gasteiger partial charge in [-0.05, 0) is 52.4 Å². The van der Waals surface area contributed by atoms with E-state index in [1.807, 2.05) is 66.7 Å². The van der Waals surface area contributed by atoms with Crippen LogP contribution >= 0.6 is 22.6 Å². The largest absolute Gasteiger partial charge is 0.455 e. The molecule has 0 atom stereocenters. The van der Waals surface area contributed by atoms with E-state index in [9.17, 15) is 4.79 Å². The summed E-state index contributed by atoms with van der Waals surface area (Å²) in [4.78, 5) is 11.8. The second-order valence-corrected chi connectivity index (χ2v) is 6.41. The number of hydrogen-bond acceptors (Lipinski definition) is 3. The smallest absolute Gasteiger partial charge is 0.244 e. The van der Waals surface area contributed by atoms with Gasteiger partial charge in [0.1, 0.15) is 11.5 Å². The van der Waals surface area contributed by atoms with E-state index in [0.29, 0.717) is 12.2 Å². The lowest BCUT2D eigenvalue weighted by Gasteiger charge is -1.99. The number of benzene rings is 2. The standard InChI is InChI=1S/C19H15IN2O2/c20-16-8-6-15(7-9-16)18-11-10-17(24-18)13-21-22-19(23)12-14-4-2-1-3-5-14/h1-11,13H,12H2,(H,22,23). The van der Waals surface area contributed by atoms with Crippen LogP contribution in [0.25, 0.3) is 11.3 Å². The Morgan fingerprint density at radius 1 is 1.04 bits per heavy atom. The van der Waals surface area contributed by atoms with Gasteiger partial charge >= 0.3 is 0 Å². The number of hydrogen-bond donors (Lipinski definition) is 1. The summed E-state index contributed by atoms with van der Waals surface area (Å²) in [7, 11) is 0. The Morgan fingerprint density at radius 2 is 1.79 bits per heavy atom. The van der Waals surface area contributed by atoms with Crippen LogP contribution in [0.5, 0.6) is 0 Å². The van der Waals surface area contributed by atoms with Gasteiger partial charge in [-0.1, -0.05) is 42.5 Å². The number of carbonyl (C=O) groups excluding carboxylic acids is 1. The minimum Gasteiger partial charge on any atom is -0.455 e. The fraction of sp³-hybridized carbons (Fsp3) is 0.0526. The monoisotopic (exact) mass is 430 g/mol. The molecule has 0 aliphatic heterocycles. The quantitative estimate of drug-likeness (QED) is 0.374. The molecule has 0 spiro atoms. The summed E-state index contributed by atoms with van der Waals surface area (Å²) < 4.78 is 6.88. The second kappa shape index (κ2) is 7.92. The van der Waals surface area contributed by atoms with Crippen LogP contribution in [-0.2, 0) is 11.2 Å². The van der Waals surface area contributed by atoms with Gasteiger partial charge in [0.15, 0.2) is 0 Å². The normalized spacial score (nSPS) is 10.9. The fourth-order valence-electron chi connectivity index (χ4n) is 2.18. The van der Waals surface area contributed by atoms with E-state index in [1.165, 1.54) is 9.78 Å². The number of hydrazone groups is 1. The van der Waals surface area contributed by atoms with Crippen LogP contribution in [-0.4, -0.2) is 12.1 Å². The molecule has 0 aliphatic rings. The molecule has 1 heterocycles. The molecule has 120 valence electrons. The van der Waals surface area contributed by atoms with Gasteiger partial charge in [0.2, 0.25) is 5.91 Å². The minimum absolute atomic E-state index is 0.165. The van der Waals surface area contributed by atoms with Gasteiger partial charge in [0.25, 0.3) is 0 Å². The summed E-state index contributed by atoms with van der Waals surface area (Å²) in [5, 5.41) is 3.94.